The summed E-state index contributed by atoms with van der Waals surface area (Å²) in [4.78, 5) is 0.179. The van der Waals surface area contributed by atoms with Gasteiger partial charge < -0.3 is 0 Å². The molecule has 0 atom stereocenters. The predicted molar refractivity (Wildman–Crippen MR) is 88.1 cm³/mol. The zero-order valence-corrected chi connectivity index (χ0v) is 13.6. The Morgan fingerprint density at radius 1 is 1.00 bits per heavy atom. The zero-order chi connectivity index (χ0) is 16.6. The lowest BCUT2D eigenvalue weighted by molar-refractivity contribution is -0.884. The number of sulfonamides is 1. The summed E-state index contributed by atoms with van der Waals surface area (Å²) in [7, 11) is -3.73. The molecule has 0 aliphatic carbocycles. The Labute approximate surface area is 134 Å². The Bertz CT molecular complexity index is 981. The van der Waals surface area contributed by atoms with Gasteiger partial charge in [-0.25, -0.2) is 8.42 Å². The average molecular weight is 329 g/mol. The summed E-state index contributed by atoms with van der Waals surface area (Å²) < 4.78 is 28.6. The van der Waals surface area contributed by atoms with Crippen molar-refractivity contribution in [3.05, 3.63) is 65.9 Å². The van der Waals surface area contributed by atoms with E-state index in [0.717, 1.165) is 21.2 Å². The largest absolute Gasteiger partial charge is 0.288 e. The molecule has 118 valence electrons. The van der Waals surface area contributed by atoms with Crippen molar-refractivity contribution in [1.82, 2.24) is 0 Å². The molecule has 6 heteroatoms. The van der Waals surface area contributed by atoms with Gasteiger partial charge in [-0.2, -0.15) is 0 Å². The van der Waals surface area contributed by atoms with Crippen LogP contribution in [0.5, 0.6) is 0 Å². The average Bonchev–Trinajstić information content (AvgIpc) is 2.46. The Balaban J connectivity index is 2.12. The van der Waals surface area contributed by atoms with Crippen LogP contribution in [0.3, 0.4) is 0 Å². The summed E-state index contributed by atoms with van der Waals surface area (Å²) in [5.74, 6) is 0. The first-order valence-corrected chi connectivity index (χ1v) is 8.59. The number of hydrogen-bond donors (Lipinski definition) is 2. The molecule has 0 fully saturated rings. The van der Waals surface area contributed by atoms with E-state index in [-0.39, 0.29) is 4.90 Å². The quantitative estimate of drug-likeness (QED) is 0.573. The molecule has 0 aliphatic heterocycles. The van der Waals surface area contributed by atoms with Gasteiger partial charge in [0.1, 0.15) is 5.69 Å². The molecular weight excluding hydrogens is 312 g/mol. The Kier molecular flexibility index (Phi) is 3.69. The van der Waals surface area contributed by atoms with Crippen LogP contribution in [0.25, 0.3) is 10.9 Å². The number of anilines is 1. The van der Waals surface area contributed by atoms with Gasteiger partial charge in [0.2, 0.25) is 6.20 Å². The highest BCUT2D eigenvalue weighted by atomic mass is 32.2. The second-order valence-corrected chi connectivity index (χ2v) is 7.20. The number of nitrogens with zero attached hydrogens (tertiary/aromatic N) is 1. The molecule has 0 saturated heterocycles. The van der Waals surface area contributed by atoms with Crippen LogP contribution in [-0.2, 0) is 10.0 Å². The maximum absolute atomic E-state index is 12.6. The lowest BCUT2D eigenvalue weighted by Gasteiger charge is -2.09. The summed E-state index contributed by atoms with van der Waals surface area (Å²) >= 11 is 0. The normalized spacial score (nSPS) is 11.6. The fourth-order valence-corrected chi connectivity index (χ4v) is 3.55. The Morgan fingerprint density at radius 2 is 1.70 bits per heavy atom. The lowest BCUT2D eigenvalue weighted by Crippen LogP contribution is -2.31. The molecule has 0 bridgehead atoms. The van der Waals surface area contributed by atoms with Gasteiger partial charge in [-0.3, -0.25) is 9.93 Å². The molecule has 0 amide bonds. The van der Waals surface area contributed by atoms with E-state index in [1.807, 2.05) is 26.0 Å². The van der Waals surface area contributed by atoms with Crippen LogP contribution in [-0.4, -0.2) is 13.6 Å². The topological polar surface area (TPSA) is 70.3 Å². The number of fused-ring (bicyclic) bond motifs is 1. The molecule has 1 aromatic heterocycles. The fourth-order valence-electron chi connectivity index (χ4n) is 2.49. The third-order valence-electron chi connectivity index (χ3n) is 3.59. The third-order valence-corrected chi connectivity index (χ3v) is 4.97. The van der Waals surface area contributed by atoms with E-state index < -0.39 is 10.0 Å². The molecule has 1 heterocycles. The van der Waals surface area contributed by atoms with Gasteiger partial charge in [-0.15, -0.1) is 0 Å². The number of pyridine rings is 1. The molecule has 5 nitrogen and oxygen atoms in total. The van der Waals surface area contributed by atoms with Crippen LogP contribution in [0.15, 0.2) is 59.6 Å². The highest BCUT2D eigenvalue weighted by Crippen LogP contribution is 2.25. The number of aromatic nitrogens is 1. The van der Waals surface area contributed by atoms with E-state index in [0.29, 0.717) is 11.2 Å². The molecule has 0 radical (unpaired) electrons. The predicted octanol–water partition coefficient (Wildman–Crippen LogP) is 2.78. The molecule has 23 heavy (non-hydrogen) atoms. The molecule has 3 aromatic rings. The van der Waals surface area contributed by atoms with Crippen molar-refractivity contribution in [2.24, 2.45) is 0 Å². The van der Waals surface area contributed by atoms with Gasteiger partial charge in [0.25, 0.3) is 15.5 Å². The van der Waals surface area contributed by atoms with Crippen LogP contribution in [0.2, 0.25) is 0 Å². The first-order valence-electron chi connectivity index (χ1n) is 7.10. The van der Waals surface area contributed by atoms with Crippen LogP contribution in [0.4, 0.5) is 5.69 Å². The molecule has 3 rings (SSSR count). The van der Waals surface area contributed by atoms with E-state index in [2.05, 4.69) is 4.72 Å². The van der Waals surface area contributed by atoms with E-state index in [1.165, 1.54) is 6.20 Å². The highest BCUT2D eigenvalue weighted by molar-refractivity contribution is 7.92. The van der Waals surface area contributed by atoms with Gasteiger partial charge in [0.15, 0.2) is 0 Å². The highest BCUT2D eigenvalue weighted by Gasteiger charge is 2.20. The molecule has 2 aromatic carbocycles. The van der Waals surface area contributed by atoms with Crippen LogP contribution in [0, 0.1) is 13.8 Å². The zero-order valence-electron chi connectivity index (χ0n) is 12.8. The molecule has 0 saturated carbocycles. The van der Waals surface area contributed by atoms with Crippen molar-refractivity contribution in [2.75, 3.05) is 4.72 Å². The molecule has 0 unspecified atom stereocenters. The van der Waals surface area contributed by atoms with Crippen molar-refractivity contribution in [3.63, 3.8) is 0 Å². The van der Waals surface area contributed by atoms with Crippen molar-refractivity contribution < 1.29 is 18.4 Å². The van der Waals surface area contributed by atoms with Gasteiger partial charge in [0.05, 0.1) is 10.3 Å². The maximum atomic E-state index is 12.6. The van der Waals surface area contributed by atoms with E-state index in [4.69, 9.17) is 0 Å². The van der Waals surface area contributed by atoms with Crippen LogP contribution in [0.1, 0.15) is 11.1 Å². The molecule has 0 aliphatic rings. The minimum Gasteiger partial charge on any atom is -0.284 e. The Hall–Kier alpha value is -2.60. The second-order valence-electron chi connectivity index (χ2n) is 5.52. The van der Waals surface area contributed by atoms with E-state index in [9.17, 15) is 13.6 Å². The lowest BCUT2D eigenvalue weighted by atomic mass is 10.1. The van der Waals surface area contributed by atoms with Gasteiger partial charge in [-0.05, 0) is 49.7 Å². The molecular formula is C17H17N2O3S+. The van der Waals surface area contributed by atoms with Gasteiger partial charge in [-0.1, -0.05) is 17.7 Å². The third kappa shape index (κ3) is 2.98. The minimum atomic E-state index is -3.73. The summed E-state index contributed by atoms with van der Waals surface area (Å²) in [5.41, 5.74) is 2.63. The number of aryl methyl sites for hydroxylation is 2. The number of rotatable bonds is 3. The first kappa shape index (κ1) is 15.3. The summed E-state index contributed by atoms with van der Waals surface area (Å²) in [6.45, 7) is 3.77. The van der Waals surface area contributed by atoms with Crippen molar-refractivity contribution in [3.8, 4) is 0 Å². The van der Waals surface area contributed by atoms with Crippen molar-refractivity contribution >= 4 is 26.6 Å². The van der Waals surface area contributed by atoms with Gasteiger partial charge in [0, 0.05) is 10.8 Å². The SMILES string of the molecule is Cc1ccc(S(=O)(=O)Nc2cc(C)cc3ccc[n+](O)c23)cc1. The van der Waals surface area contributed by atoms with Crippen molar-refractivity contribution in [2.45, 2.75) is 18.7 Å². The van der Waals surface area contributed by atoms with E-state index in [1.54, 1.807) is 36.4 Å². The maximum Gasteiger partial charge on any atom is 0.288 e. The number of nitrogens with one attached hydrogen (secondary N) is 1. The first-order chi connectivity index (χ1) is 10.9. The number of hydrogen-bond acceptors (Lipinski definition) is 3. The summed E-state index contributed by atoms with van der Waals surface area (Å²) in [5, 5.41) is 10.8. The fraction of sp³-hybridized carbons (Fsp3) is 0.118. The standard InChI is InChI=1S/C17H17N2O3S/c1-12-5-7-15(8-6-12)23(21,22)18-16-11-13(2)10-14-4-3-9-19(20)17(14)16/h3-11,18,20H,1-2H3/q+1. The summed E-state index contributed by atoms with van der Waals surface area (Å²) in [6.07, 6.45) is 1.46. The monoisotopic (exact) mass is 329 g/mol. The molecule has 0 spiro atoms. The number of benzene rings is 2. The second kappa shape index (κ2) is 5.55. The van der Waals surface area contributed by atoms with Crippen LogP contribution < -0.4 is 9.45 Å². The Morgan fingerprint density at radius 3 is 2.39 bits per heavy atom. The minimum absolute atomic E-state index is 0.179. The van der Waals surface area contributed by atoms with Gasteiger partial charge >= 0.3 is 0 Å². The van der Waals surface area contributed by atoms with Crippen LogP contribution >= 0.6 is 0 Å². The smallest absolute Gasteiger partial charge is 0.284 e. The molecule has 2 N–H and O–H groups in total. The van der Waals surface area contributed by atoms with E-state index >= 15 is 0 Å². The summed E-state index contributed by atoms with van der Waals surface area (Å²) in [6, 6.07) is 13.7. The van der Waals surface area contributed by atoms with Crippen molar-refractivity contribution in [1.29, 1.82) is 0 Å².